The van der Waals surface area contributed by atoms with E-state index in [4.69, 9.17) is 11.6 Å². The quantitative estimate of drug-likeness (QED) is 0.639. The summed E-state index contributed by atoms with van der Waals surface area (Å²) in [5.41, 5.74) is 2.42. The minimum atomic E-state index is 0.575. The predicted molar refractivity (Wildman–Crippen MR) is 62.0 cm³/mol. The standard InChI is InChI=1S/C12H14ClN/c1-9-7-14(8-10(9)2)12-6-4-3-5-11(12)13/h3-6,10H,1,7-8H2,2H3. The molecule has 1 heterocycles. The monoisotopic (exact) mass is 207 g/mol. The zero-order valence-electron chi connectivity index (χ0n) is 8.33. The van der Waals surface area contributed by atoms with Crippen LogP contribution in [-0.2, 0) is 0 Å². The SMILES string of the molecule is C=C1CN(c2ccccc2Cl)CC1C. The molecule has 0 amide bonds. The maximum absolute atomic E-state index is 6.13. The highest BCUT2D eigenvalue weighted by atomic mass is 35.5. The number of hydrogen-bond acceptors (Lipinski definition) is 1. The molecule has 0 aromatic heterocycles. The maximum Gasteiger partial charge on any atom is 0.0639 e. The molecular weight excluding hydrogens is 194 g/mol. The van der Waals surface area contributed by atoms with Gasteiger partial charge in [-0.3, -0.25) is 0 Å². The topological polar surface area (TPSA) is 3.24 Å². The fourth-order valence-electron chi connectivity index (χ4n) is 1.82. The van der Waals surface area contributed by atoms with E-state index in [9.17, 15) is 0 Å². The Morgan fingerprint density at radius 1 is 1.43 bits per heavy atom. The predicted octanol–water partition coefficient (Wildman–Crippen LogP) is 3.35. The molecule has 1 saturated heterocycles. The third-order valence-corrected chi connectivity index (χ3v) is 3.10. The van der Waals surface area contributed by atoms with Crippen molar-refractivity contribution in [3.8, 4) is 0 Å². The minimum absolute atomic E-state index is 0.575. The minimum Gasteiger partial charge on any atom is -0.366 e. The number of benzene rings is 1. The number of hydrogen-bond donors (Lipinski definition) is 0. The highest BCUT2D eigenvalue weighted by Gasteiger charge is 2.23. The summed E-state index contributed by atoms with van der Waals surface area (Å²) in [7, 11) is 0. The van der Waals surface area contributed by atoms with Gasteiger partial charge >= 0.3 is 0 Å². The fourth-order valence-corrected chi connectivity index (χ4v) is 2.07. The Labute approximate surface area is 90.0 Å². The Morgan fingerprint density at radius 2 is 2.14 bits per heavy atom. The zero-order valence-corrected chi connectivity index (χ0v) is 9.09. The third kappa shape index (κ3) is 1.64. The van der Waals surface area contributed by atoms with Crippen molar-refractivity contribution < 1.29 is 0 Å². The van der Waals surface area contributed by atoms with Gasteiger partial charge in [0, 0.05) is 13.1 Å². The fraction of sp³-hybridized carbons (Fsp3) is 0.333. The summed E-state index contributed by atoms with van der Waals surface area (Å²) in [6.45, 7) is 8.23. The Kier molecular flexibility index (Phi) is 2.51. The Hall–Kier alpha value is -0.950. The van der Waals surface area contributed by atoms with E-state index in [1.54, 1.807) is 0 Å². The number of para-hydroxylation sites is 1. The summed E-state index contributed by atoms with van der Waals surface area (Å²) in [6.07, 6.45) is 0. The molecule has 2 rings (SSSR count). The van der Waals surface area contributed by atoms with Gasteiger partial charge in [-0.15, -0.1) is 0 Å². The third-order valence-electron chi connectivity index (χ3n) is 2.78. The van der Waals surface area contributed by atoms with Crippen LogP contribution in [-0.4, -0.2) is 13.1 Å². The molecule has 74 valence electrons. The van der Waals surface area contributed by atoms with Crippen molar-refractivity contribution in [2.75, 3.05) is 18.0 Å². The lowest BCUT2D eigenvalue weighted by Gasteiger charge is -2.18. The molecule has 1 aromatic rings. The van der Waals surface area contributed by atoms with Gasteiger partial charge in [-0.25, -0.2) is 0 Å². The Balaban J connectivity index is 2.25. The number of anilines is 1. The van der Waals surface area contributed by atoms with Crippen LogP contribution in [0.2, 0.25) is 5.02 Å². The van der Waals surface area contributed by atoms with Crippen molar-refractivity contribution in [2.45, 2.75) is 6.92 Å². The number of halogens is 1. The summed E-state index contributed by atoms with van der Waals surface area (Å²) in [4.78, 5) is 2.29. The molecule has 14 heavy (non-hydrogen) atoms. The maximum atomic E-state index is 6.13. The van der Waals surface area contributed by atoms with Crippen molar-refractivity contribution >= 4 is 17.3 Å². The number of rotatable bonds is 1. The van der Waals surface area contributed by atoms with Crippen molar-refractivity contribution in [3.05, 3.63) is 41.4 Å². The average molecular weight is 208 g/mol. The van der Waals surface area contributed by atoms with Gasteiger partial charge in [-0.2, -0.15) is 0 Å². The molecule has 1 fully saturated rings. The first kappa shape index (κ1) is 9.60. The van der Waals surface area contributed by atoms with Crippen LogP contribution >= 0.6 is 11.6 Å². The van der Waals surface area contributed by atoms with Crippen LogP contribution < -0.4 is 4.90 Å². The van der Waals surface area contributed by atoms with Crippen LogP contribution in [0.3, 0.4) is 0 Å². The first-order valence-electron chi connectivity index (χ1n) is 4.85. The van der Waals surface area contributed by atoms with Gasteiger partial charge in [0.2, 0.25) is 0 Å². The van der Waals surface area contributed by atoms with Crippen LogP contribution in [0.4, 0.5) is 5.69 Å². The second-order valence-electron chi connectivity index (χ2n) is 3.89. The molecule has 0 radical (unpaired) electrons. The Morgan fingerprint density at radius 3 is 2.71 bits per heavy atom. The van der Waals surface area contributed by atoms with Crippen LogP contribution in [0, 0.1) is 5.92 Å². The lowest BCUT2D eigenvalue weighted by Crippen LogP contribution is -2.19. The normalized spacial score (nSPS) is 21.7. The molecule has 1 nitrogen and oxygen atoms in total. The lowest BCUT2D eigenvalue weighted by molar-refractivity contribution is 0.759. The van der Waals surface area contributed by atoms with Gasteiger partial charge in [-0.1, -0.05) is 42.8 Å². The summed E-state index contributed by atoms with van der Waals surface area (Å²) >= 11 is 6.13. The van der Waals surface area contributed by atoms with E-state index in [1.165, 1.54) is 5.57 Å². The molecule has 0 spiro atoms. The number of nitrogens with zero attached hydrogens (tertiary/aromatic N) is 1. The van der Waals surface area contributed by atoms with Crippen molar-refractivity contribution in [1.82, 2.24) is 0 Å². The van der Waals surface area contributed by atoms with E-state index < -0.39 is 0 Å². The van der Waals surface area contributed by atoms with Gasteiger partial charge in [-0.05, 0) is 18.1 Å². The molecule has 1 unspecified atom stereocenters. The summed E-state index contributed by atoms with van der Waals surface area (Å²) in [6, 6.07) is 7.98. The van der Waals surface area contributed by atoms with Crippen molar-refractivity contribution in [2.24, 2.45) is 5.92 Å². The van der Waals surface area contributed by atoms with Crippen molar-refractivity contribution in [3.63, 3.8) is 0 Å². The Bertz CT molecular complexity index is 359. The van der Waals surface area contributed by atoms with Crippen LogP contribution in [0.25, 0.3) is 0 Å². The second-order valence-corrected chi connectivity index (χ2v) is 4.30. The summed E-state index contributed by atoms with van der Waals surface area (Å²) in [5.74, 6) is 0.575. The lowest BCUT2D eigenvalue weighted by atomic mass is 10.1. The molecule has 0 bridgehead atoms. The molecule has 0 saturated carbocycles. The van der Waals surface area contributed by atoms with Crippen LogP contribution in [0.15, 0.2) is 36.4 Å². The van der Waals surface area contributed by atoms with Gasteiger partial charge < -0.3 is 4.90 Å². The first-order chi connectivity index (χ1) is 6.68. The second kappa shape index (κ2) is 3.66. The smallest absolute Gasteiger partial charge is 0.0639 e. The van der Waals surface area contributed by atoms with Gasteiger partial charge in [0.15, 0.2) is 0 Å². The average Bonchev–Trinajstić information content (AvgIpc) is 2.48. The molecule has 1 aliphatic heterocycles. The van der Waals surface area contributed by atoms with Gasteiger partial charge in [0.1, 0.15) is 0 Å². The molecule has 1 aliphatic rings. The summed E-state index contributed by atoms with van der Waals surface area (Å²) < 4.78 is 0. The zero-order chi connectivity index (χ0) is 10.1. The largest absolute Gasteiger partial charge is 0.366 e. The van der Waals surface area contributed by atoms with E-state index in [2.05, 4.69) is 24.5 Å². The highest BCUT2D eigenvalue weighted by Crippen LogP contribution is 2.31. The molecule has 1 aromatic carbocycles. The molecule has 0 N–H and O–H groups in total. The first-order valence-corrected chi connectivity index (χ1v) is 5.23. The molecule has 2 heteroatoms. The van der Waals surface area contributed by atoms with E-state index in [-0.39, 0.29) is 0 Å². The molecule has 1 atom stereocenters. The van der Waals surface area contributed by atoms with E-state index >= 15 is 0 Å². The molecular formula is C12H14ClN. The van der Waals surface area contributed by atoms with Crippen LogP contribution in [0.1, 0.15) is 6.92 Å². The van der Waals surface area contributed by atoms with Crippen LogP contribution in [0.5, 0.6) is 0 Å². The molecule has 0 aliphatic carbocycles. The van der Waals surface area contributed by atoms with E-state index in [1.807, 2.05) is 18.2 Å². The summed E-state index contributed by atoms with van der Waals surface area (Å²) in [5, 5.41) is 0.828. The van der Waals surface area contributed by atoms with E-state index in [0.29, 0.717) is 5.92 Å². The highest BCUT2D eigenvalue weighted by molar-refractivity contribution is 6.33. The van der Waals surface area contributed by atoms with Gasteiger partial charge in [0.25, 0.3) is 0 Å². The van der Waals surface area contributed by atoms with Crippen molar-refractivity contribution in [1.29, 1.82) is 0 Å². The van der Waals surface area contributed by atoms with Gasteiger partial charge in [0.05, 0.1) is 10.7 Å². The van der Waals surface area contributed by atoms with E-state index in [0.717, 1.165) is 23.8 Å².